The van der Waals surface area contributed by atoms with E-state index in [0.717, 1.165) is 64.4 Å². The summed E-state index contributed by atoms with van der Waals surface area (Å²) in [6, 6.07) is 8.41. The summed E-state index contributed by atoms with van der Waals surface area (Å²) in [4.78, 5) is 18.7. The van der Waals surface area contributed by atoms with Gasteiger partial charge in [-0.1, -0.05) is 24.3 Å². The van der Waals surface area contributed by atoms with Crippen molar-refractivity contribution in [3.63, 3.8) is 0 Å². The molecule has 0 spiro atoms. The normalized spacial score (nSPS) is 20.0. The van der Waals surface area contributed by atoms with Gasteiger partial charge in [-0.15, -0.1) is 0 Å². The van der Waals surface area contributed by atoms with E-state index < -0.39 is 0 Å². The largest absolute Gasteiger partial charge is 0.376 e. The van der Waals surface area contributed by atoms with Gasteiger partial charge in [-0.2, -0.15) is 0 Å². The van der Waals surface area contributed by atoms with Gasteiger partial charge in [-0.05, 0) is 36.8 Å². The highest BCUT2D eigenvalue weighted by atomic mass is 16.5. The molecule has 1 amide bonds. The molecule has 142 valence electrons. The summed E-state index contributed by atoms with van der Waals surface area (Å²) >= 11 is 0. The number of benzene rings is 1. The van der Waals surface area contributed by atoms with Crippen molar-refractivity contribution in [1.82, 2.24) is 15.5 Å². The Kier molecular flexibility index (Phi) is 6.89. The maximum Gasteiger partial charge on any atom is 0.222 e. The fraction of sp³-hybridized carbons (Fsp3) is 0.600. The van der Waals surface area contributed by atoms with Gasteiger partial charge < -0.3 is 20.3 Å². The number of hydrogen-bond donors (Lipinski definition) is 2. The van der Waals surface area contributed by atoms with E-state index in [9.17, 15) is 4.79 Å². The molecule has 6 heteroatoms. The molecular formula is C20H30N4O2. The molecule has 1 unspecified atom stereocenters. The predicted octanol–water partition coefficient (Wildman–Crippen LogP) is 1.70. The first-order valence-electron chi connectivity index (χ1n) is 9.67. The molecule has 6 nitrogen and oxygen atoms in total. The molecule has 1 atom stereocenters. The third-order valence-electron chi connectivity index (χ3n) is 5.09. The topological polar surface area (TPSA) is 66.0 Å². The second-order valence-electron chi connectivity index (χ2n) is 6.95. The number of ether oxygens (including phenoxy) is 1. The Morgan fingerprint density at radius 3 is 2.92 bits per heavy atom. The Hall–Kier alpha value is -2.08. The van der Waals surface area contributed by atoms with Crippen LogP contribution in [-0.4, -0.2) is 56.2 Å². The van der Waals surface area contributed by atoms with E-state index in [1.165, 1.54) is 11.1 Å². The Labute approximate surface area is 156 Å². The molecule has 0 saturated carbocycles. The van der Waals surface area contributed by atoms with E-state index in [0.29, 0.717) is 6.42 Å². The zero-order valence-corrected chi connectivity index (χ0v) is 15.7. The second kappa shape index (κ2) is 9.57. The van der Waals surface area contributed by atoms with Crippen molar-refractivity contribution < 1.29 is 9.53 Å². The van der Waals surface area contributed by atoms with E-state index >= 15 is 0 Å². The van der Waals surface area contributed by atoms with Crippen LogP contribution in [0.2, 0.25) is 0 Å². The third kappa shape index (κ3) is 5.21. The van der Waals surface area contributed by atoms with Gasteiger partial charge in [0.05, 0.1) is 6.10 Å². The minimum Gasteiger partial charge on any atom is -0.376 e. The number of amides is 1. The van der Waals surface area contributed by atoms with Crippen LogP contribution in [0.1, 0.15) is 36.8 Å². The molecule has 1 fully saturated rings. The SMILES string of the molecule is CN=C(NCCCC(=O)N1CCc2ccccc2C1)NCC1CCCO1. The smallest absolute Gasteiger partial charge is 0.222 e. The summed E-state index contributed by atoms with van der Waals surface area (Å²) in [6.45, 7) is 3.95. The first kappa shape index (κ1) is 18.7. The fourth-order valence-corrected chi connectivity index (χ4v) is 3.55. The van der Waals surface area contributed by atoms with E-state index in [-0.39, 0.29) is 12.0 Å². The number of nitrogens with zero attached hydrogens (tertiary/aromatic N) is 2. The standard InChI is InChI=1S/C20H30N4O2/c1-21-20(23-14-18-8-5-13-26-18)22-11-4-9-19(25)24-12-10-16-6-2-3-7-17(16)15-24/h2-3,6-7,18H,4-5,8-15H2,1H3,(H2,21,22,23). The minimum absolute atomic E-state index is 0.239. The molecule has 2 aliphatic heterocycles. The van der Waals surface area contributed by atoms with Gasteiger partial charge in [0.2, 0.25) is 5.91 Å². The van der Waals surface area contributed by atoms with Crippen LogP contribution in [0.25, 0.3) is 0 Å². The third-order valence-corrected chi connectivity index (χ3v) is 5.09. The highest BCUT2D eigenvalue weighted by Crippen LogP contribution is 2.19. The Balaban J connectivity index is 1.33. The van der Waals surface area contributed by atoms with Crippen LogP contribution in [0.15, 0.2) is 29.3 Å². The molecule has 1 saturated heterocycles. The van der Waals surface area contributed by atoms with Crippen molar-refractivity contribution in [2.24, 2.45) is 4.99 Å². The molecule has 0 bridgehead atoms. The number of hydrogen-bond acceptors (Lipinski definition) is 3. The van der Waals surface area contributed by atoms with Crippen molar-refractivity contribution in [3.8, 4) is 0 Å². The second-order valence-corrected chi connectivity index (χ2v) is 6.95. The first-order chi connectivity index (χ1) is 12.8. The van der Waals surface area contributed by atoms with Gasteiger partial charge in [0, 0.05) is 46.3 Å². The van der Waals surface area contributed by atoms with Crippen LogP contribution in [0.5, 0.6) is 0 Å². The summed E-state index contributed by atoms with van der Waals surface area (Å²) < 4.78 is 5.60. The van der Waals surface area contributed by atoms with Crippen LogP contribution >= 0.6 is 0 Å². The zero-order chi connectivity index (χ0) is 18.2. The van der Waals surface area contributed by atoms with Gasteiger partial charge >= 0.3 is 0 Å². The van der Waals surface area contributed by atoms with Gasteiger partial charge in [-0.3, -0.25) is 9.79 Å². The molecule has 1 aromatic rings. The number of fused-ring (bicyclic) bond motifs is 1. The number of aliphatic imine (C=N–C) groups is 1. The average molecular weight is 358 g/mol. The summed E-state index contributed by atoms with van der Waals surface area (Å²) in [5.74, 6) is 1.02. The van der Waals surface area contributed by atoms with E-state index in [1.807, 2.05) is 11.0 Å². The van der Waals surface area contributed by atoms with Crippen LogP contribution in [0.4, 0.5) is 0 Å². The quantitative estimate of drug-likeness (QED) is 0.461. The van der Waals surface area contributed by atoms with Gasteiger partial charge in [0.15, 0.2) is 5.96 Å². The number of guanidine groups is 1. The number of carbonyl (C=O) groups excluding carboxylic acids is 1. The fourth-order valence-electron chi connectivity index (χ4n) is 3.55. The average Bonchev–Trinajstić information content (AvgIpc) is 3.20. The van der Waals surface area contributed by atoms with E-state index in [1.54, 1.807) is 7.05 Å². The molecule has 2 aliphatic rings. The van der Waals surface area contributed by atoms with Crippen molar-refractivity contribution in [1.29, 1.82) is 0 Å². The van der Waals surface area contributed by atoms with E-state index in [4.69, 9.17) is 4.74 Å². The molecule has 0 radical (unpaired) electrons. The molecular weight excluding hydrogens is 328 g/mol. The lowest BCUT2D eigenvalue weighted by Gasteiger charge is -2.29. The Bertz CT molecular complexity index is 626. The summed E-state index contributed by atoms with van der Waals surface area (Å²) in [6.07, 6.45) is 4.87. The monoisotopic (exact) mass is 358 g/mol. The Morgan fingerprint density at radius 1 is 1.31 bits per heavy atom. The van der Waals surface area contributed by atoms with Crippen LogP contribution in [-0.2, 0) is 22.5 Å². The molecule has 2 N–H and O–H groups in total. The van der Waals surface area contributed by atoms with Crippen molar-refractivity contribution in [2.75, 3.05) is 33.3 Å². The molecule has 0 aliphatic carbocycles. The maximum absolute atomic E-state index is 12.5. The van der Waals surface area contributed by atoms with Gasteiger partial charge in [0.25, 0.3) is 0 Å². The molecule has 2 heterocycles. The zero-order valence-electron chi connectivity index (χ0n) is 15.7. The number of rotatable bonds is 6. The lowest BCUT2D eigenvalue weighted by atomic mass is 9.99. The number of nitrogens with one attached hydrogen (secondary N) is 2. The van der Waals surface area contributed by atoms with Crippen molar-refractivity contribution >= 4 is 11.9 Å². The van der Waals surface area contributed by atoms with E-state index in [2.05, 4.69) is 33.8 Å². The van der Waals surface area contributed by atoms with Crippen LogP contribution in [0.3, 0.4) is 0 Å². The van der Waals surface area contributed by atoms with Gasteiger partial charge in [-0.25, -0.2) is 0 Å². The highest BCUT2D eigenvalue weighted by Gasteiger charge is 2.20. The first-order valence-corrected chi connectivity index (χ1v) is 9.67. The molecule has 0 aromatic heterocycles. The minimum atomic E-state index is 0.239. The predicted molar refractivity (Wildman–Crippen MR) is 103 cm³/mol. The Morgan fingerprint density at radius 2 is 2.15 bits per heavy atom. The van der Waals surface area contributed by atoms with Crippen LogP contribution in [0, 0.1) is 0 Å². The summed E-state index contributed by atoms with van der Waals surface area (Å²) in [7, 11) is 1.77. The summed E-state index contributed by atoms with van der Waals surface area (Å²) in [5.41, 5.74) is 2.66. The lowest BCUT2D eigenvalue weighted by molar-refractivity contribution is -0.132. The van der Waals surface area contributed by atoms with Crippen molar-refractivity contribution in [2.45, 2.75) is 44.8 Å². The highest BCUT2D eigenvalue weighted by molar-refractivity contribution is 5.80. The summed E-state index contributed by atoms with van der Waals surface area (Å²) in [5, 5.41) is 6.57. The molecule has 1 aromatic carbocycles. The maximum atomic E-state index is 12.5. The lowest BCUT2D eigenvalue weighted by Crippen LogP contribution is -2.41. The molecule has 26 heavy (non-hydrogen) atoms. The van der Waals surface area contributed by atoms with Crippen molar-refractivity contribution in [3.05, 3.63) is 35.4 Å². The van der Waals surface area contributed by atoms with Crippen LogP contribution < -0.4 is 10.6 Å². The number of carbonyl (C=O) groups is 1. The molecule has 3 rings (SSSR count). The van der Waals surface area contributed by atoms with Gasteiger partial charge in [0.1, 0.15) is 0 Å².